The fourth-order valence-electron chi connectivity index (χ4n) is 1.17. The van der Waals surface area contributed by atoms with Crippen molar-refractivity contribution in [3.8, 4) is 0 Å². The minimum absolute atomic E-state index is 0.485. The van der Waals surface area contributed by atoms with E-state index in [9.17, 15) is 0 Å². The first kappa shape index (κ1) is 9.96. The van der Waals surface area contributed by atoms with Gasteiger partial charge in [-0.15, -0.1) is 0 Å². The van der Waals surface area contributed by atoms with E-state index in [1.807, 2.05) is 0 Å². The van der Waals surface area contributed by atoms with Gasteiger partial charge in [0.2, 0.25) is 0 Å². The highest BCUT2D eigenvalue weighted by molar-refractivity contribution is 4.69. The first-order valence-electron chi connectivity index (χ1n) is 4.22. The molecule has 1 atom stereocenters. The van der Waals surface area contributed by atoms with Gasteiger partial charge in [0.25, 0.3) is 0 Å². The van der Waals surface area contributed by atoms with Crippen LogP contribution in [0.3, 0.4) is 0 Å². The van der Waals surface area contributed by atoms with Crippen molar-refractivity contribution in [2.24, 2.45) is 17.1 Å². The third-order valence-electron chi connectivity index (χ3n) is 2.26. The van der Waals surface area contributed by atoms with Crippen molar-refractivity contribution in [2.45, 2.75) is 40.5 Å². The van der Waals surface area contributed by atoms with Gasteiger partial charge in [-0.3, -0.25) is 0 Å². The Kier molecular flexibility index (Phi) is 3.95. The maximum Gasteiger partial charge on any atom is -0.00513 e. The van der Waals surface area contributed by atoms with Gasteiger partial charge in [-0.1, -0.05) is 34.1 Å². The van der Waals surface area contributed by atoms with E-state index < -0.39 is 0 Å². The highest BCUT2D eigenvalue weighted by Gasteiger charge is 2.17. The first-order valence-corrected chi connectivity index (χ1v) is 4.22. The molecular weight excluding hydrogens is 122 g/mol. The Hall–Kier alpha value is -0.0400. The lowest BCUT2D eigenvalue weighted by Gasteiger charge is -2.25. The Morgan fingerprint density at radius 1 is 1.40 bits per heavy atom. The number of rotatable bonds is 4. The van der Waals surface area contributed by atoms with Crippen LogP contribution in [0.1, 0.15) is 40.5 Å². The molecule has 0 aliphatic heterocycles. The molecule has 0 heterocycles. The van der Waals surface area contributed by atoms with Crippen molar-refractivity contribution in [1.29, 1.82) is 0 Å². The maximum absolute atomic E-state index is 5.53. The molecule has 0 saturated carbocycles. The van der Waals surface area contributed by atoms with E-state index in [-0.39, 0.29) is 0 Å². The van der Waals surface area contributed by atoms with Gasteiger partial charge in [0.15, 0.2) is 0 Å². The minimum Gasteiger partial charge on any atom is -0.330 e. The largest absolute Gasteiger partial charge is 0.330 e. The van der Waals surface area contributed by atoms with Crippen molar-refractivity contribution in [3.05, 3.63) is 0 Å². The second kappa shape index (κ2) is 3.97. The smallest absolute Gasteiger partial charge is 0.00513 e. The fraction of sp³-hybridized carbons (Fsp3) is 1.00. The van der Waals surface area contributed by atoms with Crippen LogP contribution in [-0.2, 0) is 0 Å². The summed E-state index contributed by atoms with van der Waals surface area (Å²) in [4.78, 5) is 0. The molecule has 62 valence electrons. The Bertz CT molecular complexity index is 86.7. The second-order valence-corrected chi connectivity index (χ2v) is 4.06. The molecule has 0 rings (SSSR count). The zero-order chi connectivity index (χ0) is 8.20. The summed E-state index contributed by atoms with van der Waals surface area (Å²) in [5.41, 5.74) is 6.02. The Balaban J connectivity index is 3.64. The molecule has 0 radical (unpaired) electrons. The molecule has 0 aromatic carbocycles. The van der Waals surface area contributed by atoms with Crippen LogP contribution in [0.4, 0.5) is 0 Å². The van der Waals surface area contributed by atoms with Crippen LogP contribution in [0.15, 0.2) is 0 Å². The average Bonchev–Trinajstić information content (AvgIpc) is 1.87. The SMILES string of the molecule is CCC(C)(C)CC(C)CN. The van der Waals surface area contributed by atoms with Crippen molar-refractivity contribution >= 4 is 0 Å². The Morgan fingerprint density at radius 2 is 1.90 bits per heavy atom. The van der Waals surface area contributed by atoms with Crippen LogP contribution in [0, 0.1) is 11.3 Å². The molecule has 0 spiro atoms. The van der Waals surface area contributed by atoms with Gasteiger partial charge < -0.3 is 5.73 Å². The summed E-state index contributed by atoms with van der Waals surface area (Å²) in [6.07, 6.45) is 2.50. The van der Waals surface area contributed by atoms with Gasteiger partial charge in [0.05, 0.1) is 0 Å². The van der Waals surface area contributed by atoms with Crippen LogP contribution in [0.5, 0.6) is 0 Å². The van der Waals surface area contributed by atoms with Gasteiger partial charge in [-0.25, -0.2) is 0 Å². The quantitative estimate of drug-likeness (QED) is 0.642. The van der Waals surface area contributed by atoms with E-state index in [0.717, 1.165) is 6.54 Å². The summed E-state index contributed by atoms with van der Waals surface area (Å²) in [5.74, 6) is 0.676. The number of hydrogen-bond acceptors (Lipinski definition) is 1. The Labute approximate surface area is 65.0 Å². The minimum atomic E-state index is 0.485. The van der Waals surface area contributed by atoms with Gasteiger partial charge in [-0.05, 0) is 24.3 Å². The van der Waals surface area contributed by atoms with Gasteiger partial charge in [0, 0.05) is 0 Å². The predicted molar refractivity (Wildman–Crippen MR) is 46.9 cm³/mol. The second-order valence-electron chi connectivity index (χ2n) is 4.06. The molecule has 10 heavy (non-hydrogen) atoms. The van der Waals surface area contributed by atoms with Crippen molar-refractivity contribution in [2.75, 3.05) is 6.54 Å². The zero-order valence-electron chi connectivity index (χ0n) is 7.78. The van der Waals surface area contributed by atoms with Crippen molar-refractivity contribution < 1.29 is 0 Å². The molecule has 0 amide bonds. The highest BCUT2D eigenvalue weighted by atomic mass is 14.5. The Morgan fingerprint density at radius 3 is 2.20 bits per heavy atom. The third kappa shape index (κ3) is 3.89. The van der Waals surface area contributed by atoms with Crippen LogP contribution in [-0.4, -0.2) is 6.54 Å². The van der Waals surface area contributed by atoms with E-state index in [2.05, 4.69) is 27.7 Å². The number of nitrogens with two attached hydrogens (primary N) is 1. The lowest BCUT2D eigenvalue weighted by Crippen LogP contribution is -2.19. The van der Waals surface area contributed by atoms with E-state index in [4.69, 9.17) is 5.73 Å². The summed E-state index contributed by atoms with van der Waals surface area (Å²) in [7, 11) is 0. The summed E-state index contributed by atoms with van der Waals surface area (Å²) in [6.45, 7) is 9.89. The zero-order valence-corrected chi connectivity index (χ0v) is 7.78. The lowest BCUT2D eigenvalue weighted by atomic mass is 9.81. The third-order valence-corrected chi connectivity index (χ3v) is 2.26. The molecule has 2 N–H and O–H groups in total. The van der Waals surface area contributed by atoms with E-state index in [1.165, 1.54) is 12.8 Å². The molecule has 0 aromatic rings. The van der Waals surface area contributed by atoms with Crippen LogP contribution < -0.4 is 5.73 Å². The molecule has 0 fully saturated rings. The lowest BCUT2D eigenvalue weighted by molar-refractivity contribution is 0.270. The van der Waals surface area contributed by atoms with Gasteiger partial charge in [0.1, 0.15) is 0 Å². The van der Waals surface area contributed by atoms with Gasteiger partial charge >= 0.3 is 0 Å². The predicted octanol–water partition coefficient (Wildman–Crippen LogP) is 2.41. The number of hydrogen-bond donors (Lipinski definition) is 1. The topological polar surface area (TPSA) is 26.0 Å². The average molecular weight is 143 g/mol. The van der Waals surface area contributed by atoms with E-state index in [0.29, 0.717) is 11.3 Å². The molecule has 1 heteroatoms. The summed E-state index contributed by atoms with van der Waals surface area (Å²) in [5, 5.41) is 0. The van der Waals surface area contributed by atoms with Crippen molar-refractivity contribution in [1.82, 2.24) is 0 Å². The molecule has 0 aromatic heterocycles. The molecule has 1 unspecified atom stereocenters. The van der Waals surface area contributed by atoms with Crippen LogP contribution >= 0.6 is 0 Å². The van der Waals surface area contributed by atoms with Crippen molar-refractivity contribution in [3.63, 3.8) is 0 Å². The maximum atomic E-state index is 5.53. The molecule has 0 aliphatic carbocycles. The normalized spacial score (nSPS) is 15.3. The molecule has 0 bridgehead atoms. The summed E-state index contributed by atoms with van der Waals surface area (Å²) in [6, 6.07) is 0. The summed E-state index contributed by atoms with van der Waals surface area (Å²) >= 11 is 0. The fourth-order valence-corrected chi connectivity index (χ4v) is 1.17. The van der Waals surface area contributed by atoms with Crippen LogP contribution in [0.2, 0.25) is 0 Å². The summed E-state index contributed by atoms with van der Waals surface area (Å²) < 4.78 is 0. The first-order chi connectivity index (χ1) is 4.52. The van der Waals surface area contributed by atoms with Crippen LogP contribution in [0.25, 0.3) is 0 Å². The molecule has 1 nitrogen and oxygen atoms in total. The molecule has 0 saturated heterocycles. The standard InChI is InChI=1S/C9H21N/c1-5-9(3,4)6-8(2)7-10/h8H,5-7,10H2,1-4H3. The molecular formula is C9H21N. The van der Waals surface area contributed by atoms with Gasteiger partial charge in [-0.2, -0.15) is 0 Å². The highest BCUT2D eigenvalue weighted by Crippen LogP contribution is 2.27. The van der Waals surface area contributed by atoms with E-state index >= 15 is 0 Å². The monoisotopic (exact) mass is 143 g/mol. The molecule has 0 aliphatic rings. The van der Waals surface area contributed by atoms with E-state index in [1.54, 1.807) is 0 Å².